The lowest BCUT2D eigenvalue weighted by Gasteiger charge is -2.16. The van der Waals surface area contributed by atoms with Gasteiger partial charge >= 0.3 is 0 Å². The number of hydrogen-bond donors (Lipinski definition) is 2. The van der Waals surface area contributed by atoms with Gasteiger partial charge in [0.05, 0.1) is 11.4 Å². The van der Waals surface area contributed by atoms with Crippen molar-refractivity contribution in [2.24, 2.45) is 5.14 Å². The number of primary sulfonamides is 1. The van der Waals surface area contributed by atoms with Gasteiger partial charge in [0.15, 0.2) is 0 Å². The Hall–Kier alpha value is -2.68. The van der Waals surface area contributed by atoms with Crippen LogP contribution < -0.4 is 15.2 Å². The van der Waals surface area contributed by atoms with E-state index in [1.165, 1.54) is 12.1 Å². The lowest BCUT2D eigenvalue weighted by atomic mass is 10.1. The Morgan fingerprint density at radius 2 is 1.76 bits per heavy atom. The highest BCUT2D eigenvalue weighted by atomic mass is 32.2. The van der Waals surface area contributed by atoms with E-state index in [4.69, 9.17) is 9.88 Å². The summed E-state index contributed by atoms with van der Waals surface area (Å²) in [5.41, 5.74) is 2.01. The van der Waals surface area contributed by atoms with Crippen LogP contribution in [0.2, 0.25) is 0 Å². The quantitative estimate of drug-likeness (QED) is 0.542. The minimum Gasteiger partial charge on any atom is -0.490 e. The van der Waals surface area contributed by atoms with E-state index < -0.39 is 10.0 Å². The van der Waals surface area contributed by atoms with E-state index in [0.717, 1.165) is 16.9 Å². The SMILES string of the molecule is C=CCOc1ccc(CN(C)CC(=O)NCCc2ccc(S(N)(=O)=O)cc2)cc1. The minimum atomic E-state index is -3.69. The summed E-state index contributed by atoms with van der Waals surface area (Å²) in [4.78, 5) is 14.1. The summed E-state index contributed by atoms with van der Waals surface area (Å²) in [7, 11) is -1.80. The van der Waals surface area contributed by atoms with Crippen LogP contribution in [-0.4, -0.2) is 46.0 Å². The van der Waals surface area contributed by atoms with Gasteiger partial charge in [-0.3, -0.25) is 9.69 Å². The predicted molar refractivity (Wildman–Crippen MR) is 113 cm³/mol. The molecule has 1 amide bonds. The van der Waals surface area contributed by atoms with Crippen molar-refractivity contribution >= 4 is 15.9 Å². The third-order valence-corrected chi connectivity index (χ3v) is 5.07. The second-order valence-electron chi connectivity index (χ2n) is 6.70. The average molecular weight is 418 g/mol. The number of nitrogens with one attached hydrogen (secondary N) is 1. The number of ether oxygens (including phenoxy) is 1. The van der Waals surface area contributed by atoms with Gasteiger partial charge in [-0.2, -0.15) is 0 Å². The van der Waals surface area contributed by atoms with Crippen LogP contribution in [0.1, 0.15) is 11.1 Å². The van der Waals surface area contributed by atoms with Gasteiger partial charge in [0.1, 0.15) is 12.4 Å². The first-order valence-electron chi connectivity index (χ1n) is 9.17. The van der Waals surface area contributed by atoms with E-state index >= 15 is 0 Å². The number of amides is 1. The number of hydrogen-bond acceptors (Lipinski definition) is 5. The van der Waals surface area contributed by atoms with Crippen molar-refractivity contribution < 1.29 is 17.9 Å². The van der Waals surface area contributed by atoms with Crippen molar-refractivity contribution in [1.29, 1.82) is 0 Å². The number of rotatable bonds is 11. The number of carbonyl (C=O) groups excluding carboxylic acids is 1. The van der Waals surface area contributed by atoms with Gasteiger partial charge < -0.3 is 10.1 Å². The molecule has 0 fully saturated rings. The molecule has 156 valence electrons. The van der Waals surface area contributed by atoms with E-state index in [1.807, 2.05) is 36.2 Å². The maximum atomic E-state index is 12.1. The zero-order valence-corrected chi connectivity index (χ0v) is 17.3. The predicted octanol–water partition coefficient (Wildman–Crippen LogP) is 1.69. The van der Waals surface area contributed by atoms with E-state index in [2.05, 4.69) is 11.9 Å². The van der Waals surface area contributed by atoms with Crippen LogP contribution in [-0.2, 0) is 27.8 Å². The Balaban J connectivity index is 1.72. The monoisotopic (exact) mass is 417 g/mol. The van der Waals surface area contributed by atoms with Gasteiger partial charge in [-0.05, 0) is 48.9 Å². The number of carbonyl (C=O) groups is 1. The van der Waals surface area contributed by atoms with Crippen LogP contribution in [0.4, 0.5) is 0 Å². The minimum absolute atomic E-state index is 0.0698. The molecule has 0 aliphatic rings. The maximum Gasteiger partial charge on any atom is 0.238 e. The van der Waals surface area contributed by atoms with Crippen molar-refractivity contribution in [3.8, 4) is 5.75 Å². The van der Waals surface area contributed by atoms with Gasteiger partial charge in [0, 0.05) is 13.1 Å². The molecule has 0 radical (unpaired) electrons. The van der Waals surface area contributed by atoms with E-state index in [-0.39, 0.29) is 17.3 Å². The maximum absolute atomic E-state index is 12.1. The normalized spacial score (nSPS) is 11.3. The fourth-order valence-electron chi connectivity index (χ4n) is 2.71. The molecule has 0 unspecified atom stereocenters. The fourth-order valence-corrected chi connectivity index (χ4v) is 3.22. The van der Waals surface area contributed by atoms with Crippen molar-refractivity contribution in [1.82, 2.24) is 10.2 Å². The van der Waals surface area contributed by atoms with E-state index in [9.17, 15) is 13.2 Å². The highest BCUT2D eigenvalue weighted by Gasteiger charge is 2.09. The van der Waals surface area contributed by atoms with Crippen molar-refractivity contribution in [2.45, 2.75) is 17.9 Å². The number of nitrogens with two attached hydrogens (primary N) is 1. The molecule has 7 nitrogen and oxygen atoms in total. The standard InChI is InChI=1S/C21H27N3O4S/c1-3-14-28-19-8-4-18(5-9-19)15-24(2)16-21(25)23-13-12-17-6-10-20(11-7-17)29(22,26)27/h3-11H,1,12-16H2,2H3,(H,23,25)(H2,22,26,27). The van der Waals surface area contributed by atoms with Gasteiger partial charge in [-0.1, -0.05) is 36.9 Å². The molecule has 0 aliphatic carbocycles. The molecule has 2 rings (SSSR count). The Morgan fingerprint density at radius 3 is 2.34 bits per heavy atom. The van der Waals surface area contributed by atoms with E-state index in [0.29, 0.717) is 26.1 Å². The zero-order chi connectivity index (χ0) is 21.3. The largest absolute Gasteiger partial charge is 0.490 e. The number of benzene rings is 2. The second-order valence-corrected chi connectivity index (χ2v) is 8.27. The fraction of sp³-hybridized carbons (Fsp3) is 0.286. The molecule has 8 heteroatoms. The number of sulfonamides is 1. The molecule has 0 bridgehead atoms. The van der Waals surface area contributed by atoms with Gasteiger partial charge in [-0.25, -0.2) is 13.6 Å². The molecule has 29 heavy (non-hydrogen) atoms. The molecule has 2 aromatic carbocycles. The molecule has 0 spiro atoms. The van der Waals surface area contributed by atoms with E-state index in [1.54, 1.807) is 18.2 Å². The first kappa shape index (κ1) is 22.6. The molecular formula is C21H27N3O4S. The third kappa shape index (κ3) is 8.06. The van der Waals surface area contributed by atoms with Crippen LogP contribution in [0.3, 0.4) is 0 Å². The van der Waals surface area contributed by atoms with Gasteiger partial charge in [0.2, 0.25) is 15.9 Å². The summed E-state index contributed by atoms with van der Waals surface area (Å²) in [6, 6.07) is 14.1. The molecule has 0 aromatic heterocycles. The van der Waals surface area contributed by atoms with Crippen molar-refractivity contribution in [2.75, 3.05) is 26.7 Å². The smallest absolute Gasteiger partial charge is 0.238 e. The average Bonchev–Trinajstić information content (AvgIpc) is 2.67. The Bertz CT molecular complexity index is 910. The molecule has 0 saturated carbocycles. The van der Waals surface area contributed by atoms with Crippen LogP contribution in [0.25, 0.3) is 0 Å². The molecule has 3 N–H and O–H groups in total. The molecule has 0 aliphatic heterocycles. The summed E-state index contributed by atoms with van der Waals surface area (Å²) < 4.78 is 27.9. The number of nitrogens with zero attached hydrogens (tertiary/aromatic N) is 1. The summed E-state index contributed by atoms with van der Waals surface area (Å²) in [5, 5.41) is 7.95. The summed E-state index contributed by atoms with van der Waals surface area (Å²) >= 11 is 0. The molecule has 0 saturated heterocycles. The van der Waals surface area contributed by atoms with Crippen LogP contribution in [0.5, 0.6) is 5.75 Å². The lowest BCUT2D eigenvalue weighted by Crippen LogP contribution is -2.35. The Kier molecular flexibility index (Phi) is 8.38. The topological polar surface area (TPSA) is 102 Å². The first-order chi connectivity index (χ1) is 13.8. The summed E-state index contributed by atoms with van der Waals surface area (Å²) in [5.74, 6) is 0.714. The molecular weight excluding hydrogens is 390 g/mol. The van der Waals surface area contributed by atoms with Crippen molar-refractivity contribution in [3.05, 3.63) is 72.3 Å². The zero-order valence-electron chi connectivity index (χ0n) is 16.5. The van der Waals surface area contributed by atoms with Gasteiger partial charge in [-0.15, -0.1) is 0 Å². The molecule has 0 heterocycles. The second kappa shape index (κ2) is 10.8. The Morgan fingerprint density at radius 1 is 1.14 bits per heavy atom. The summed E-state index contributed by atoms with van der Waals surface area (Å²) in [6.45, 7) is 5.47. The molecule has 0 atom stereocenters. The van der Waals surface area contributed by atoms with Crippen LogP contribution >= 0.6 is 0 Å². The Labute approximate surface area is 172 Å². The van der Waals surface area contributed by atoms with Crippen molar-refractivity contribution in [3.63, 3.8) is 0 Å². The molecule has 2 aromatic rings. The highest BCUT2D eigenvalue weighted by Crippen LogP contribution is 2.13. The van der Waals surface area contributed by atoms with Crippen LogP contribution in [0.15, 0.2) is 66.1 Å². The first-order valence-corrected chi connectivity index (χ1v) is 10.7. The lowest BCUT2D eigenvalue weighted by molar-refractivity contribution is -0.122. The third-order valence-electron chi connectivity index (χ3n) is 4.14. The number of likely N-dealkylation sites (N-methyl/N-ethyl adjacent to an activating group) is 1. The van der Waals surface area contributed by atoms with Crippen LogP contribution in [0, 0.1) is 0 Å². The summed E-state index contributed by atoms with van der Waals surface area (Å²) in [6.07, 6.45) is 2.30. The van der Waals surface area contributed by atoms with Gasteiger partial charge in [0.25, 0.3) is 0 Å². The highest BCUT2D eigenvalue weighted by molar-refractivity contribution is 7.89.